The first-order valence-corrected chi connectivity index (χ1v) is 14.8. The van der Waals surface area contributed by atoms with Crippen molar-refractivity contribution in [2.45, 2.75) is 45.6 Å². The van der Waals surface area contributed by atoms with E-state index in [9.17, 15) is 20.0 Å². The third kappa shape index (κ3) is 7.94. The van der Waals surface area contributed by atoms with E-state index in [2.05, 4.69) is 18.8 Å². The van der Waals surface area contributed by atoms with Crippen molar-refractivity contribution in [2.75, 3.05) is 34.5 Å². The Balaban J connectivity index is 0.000000207. The molecule has 0 bridgehead atoms. The van der Waals surface area contributed by atoms with Crippen LogP contribution in [0.3, 0.4) is 0 Å². The molecular formula is C33H39N3O9. The van der Waals surface area contributed by atoms with Crippen molar-refractivity contribution >= 4 is 23.5 Å². The molecule has 3 aromatic carbocycles. The number of hydrogen-bond donors (Lipinski definition) is 1. The Morgan fingerprint density at radius 3 is 2.42 bits per heavy atom. The zero-order valence-corrected chi connectivity index (χ0v) is 26.1. The van der Waals surface area contributed by atoms with Crippen molar-refractivity contribution in [3.05, 3.63) is 64.2 Å². The Bertz CT molecular complexity index is 1540. The van der Waals surface area contributed by atoms with E-state index in [1.165, 1.54) is 38.5 Å². The van der Waals surface area contributed by atoms with Gasteiger partial charge in [-0.2, -0.15) is 0 Å². The standard InChI is InChI=1S/C19H26N2O3.C14H13NO6/c1-4-6-13(2)12-24-18-10-16-15(9-17(18)23-3)19(22)21-8-5-7-14(21)11-20-16;1-19-12-6-4-10(8-14(12)20-2)21-13-7-9(16)3-5-11(13)15(17)18/h9-11,13-14H,4-8,12H2,1-3H3;3-8,16H,1-2H3. The van der Waals surface area contributed by atoms with Crippen molar-refractivity contribution in [3.63, 3.8) is 0 Å². The third-order valence-electron chi connectivity index (χ3n) is 7.49. The van der Waals surface area contributed by atoms with Crippen LogP contribution in [0.4, 0.5) is 11.4 Å². The number of benzene rings is 3. The lowest BCUT2D eigenvalue weighted by Gasteiger charge is -2.20. The first-order chi connectivity index (χ1) is 21.7. The fraction of sp³-hybridized carbons (Fsp3) is 0.394. The quantitative estimate of drug-likeness (QED) is 0.178. The number of carbonyl (C=O) groups excluding carboxylic acids is 1. The molecular weight excluding hydrogens is 582 g/mol. The summed E-state index contributed by atoms with van der Waals surface area (Å²) in [5.41, 5.74) is 1.03. The van der Waals surface area contributed by atoms with Gasteiger partial charge in [-0.05, 0) is 49.4 Å². The van der Waals surface area contributed by atoms with Crippen LogP contribution in [0.25, 0.3) is 0 Å². The van der Waals surface area contributed by atoms with Gasteiger partial charge in [-0.1, -0.05) is 20.3 Å². The molecule has 2 unspecified atom stereocenters. The molecule has 0 saturated carbocycles. The van der Waals surface area contributed by atoms with Crippen LogP contribution in [0.15, 0.2) is 53.5 Å². The number of ether oxygens (including phenoxy) is 5. The van der Waals surface area contributed by atoms with Gasteiger partial charge in [-0.15, -0.1) is 0 Å². The maximum absolute atomic E-state index is 12.8. The second kappa shape index (κ2) is 15.1. The minimum absolute atomic E-state index is 0.0363. The Labute approximate surface area is 262 Å². The number of methoxy groups -OCH3 is 3. The molecule has 12 nitrogen and oxygen atoms in total. The lowest BCUT2D eigenvalue weighted by molar-refractivity contribution is -0.385. The van der Waals surface area contributed by atoms with E-state index in [0.29, 0.717) is 52.5 Å². The van der Waals surface area contributed by atoms with Gasteiger partial charge in [-0.25, -0.2) is 0 Å². The predicted molar refractivity (Wildman–Crippen MR) is 169 cm³/mol. The molecule has 2 heterocycles. The number of hydrogen-bond acceptors (Lipinski definition) is 10. The molecule has 1 saturated heterocycles. The lowest BCUT2D eigenvalue weighted by Crippen LogP contribution is -2.35. The number of fused-ring (bicyclic) bond motifs is 2. The van der Waals surface area contributed by atoms with Crippen molar-refractivity contribution in [1.29, 1.82) is 0 Å². The first-order valence-electron chi connectivity index (χ1n) is 14.8. The van der Waals surface area contributed by atoms with Crippen molar-refractivity contribution in [1.82, 2.24) is 4.90 Å². The Morgan fingerprint density at radius 1 is 1.00 bits per heavy atom. The maximum atomic E-state index is 12.8. The molecule has 0 spiro atoms. The van der Waals surface area contributed by atoms with Gasteiger partial charge in [0, 0.05) is 37.0 Å². The minimum Gasteiger partial charge on any atom is -0.508 e. The molecule has 0 aromatic heterocycles. The van der Waals surface area contributed by atoms with E-state index in [1.807, 2.05) is 17.2 Å². The maximum Gasteiger partial charge on any atom is 0.311 e. The van der Waals surface area contributed by atoms with Crippen LogP contribution in [0.5, 0.6) is 40.2 Å². The van der Waals surface area contributed by atoms with Crippen LogP contribution in [-0.4, -0.2) is 67.6 Å². The van der Waals surface area contributed by atoms with E-state index < -0.39 is 4.92 Å². The minimum atomic E-state index is -0.588. The number of phenolic OH excluding ortho intramolecular Hbond substituents is 1. The van der Waals surface area contributed by atoms with Crippen molar-refractivity contribution < 1.29 is 38.5 Å². The number of aliphatic imine (C=N–C) groups is 1. The largest absolute Gasteiger partial charge is 0.508 e. The average Bonchev–Trinajstić information content (AvgIpc) is 3.46. The monoisotopic (exact) mass is 621 g/mol. The molecule has 1 fully saturated rings. The molecule has 2 atom stereocenters. The molecule has 12 heteroatoms. The van der Waals surface area contributed by atoms with Gasteiger partial charge < -0.3 is 33.7 Å². The fourth-order valence-corrected chi connectivity index (χ4v) is 5.17. The van der Waals surface area contributed by atoms with Crippen LogP contribution in [-0.2, 0) is 0 Å². The Morgan fingerprint density at radius 2 is 1.73 bits per heavy atom. The molecule has 0 aliphatic carbocycles. The topological polar surface area (TPSA) is 142 Å². The van der Waals surface area contributed by atoms with E-state index in [-0.39, 0.29) is 29.1 Å². The third-order valence-corrected chi connectivity index (χ3v) is 7.49. The van der Waals surface area contributed by atoms with Crippen molar-refractivity contribution in [2.24, 2.45) is 10.9 Å². The van der Waals surface area contributed by atoms with E-state index in [0.717, 1.165) is 32.2 Å². The van der Waals surface area contributed by atoms with Crippen LogP contribution >= 0.6 is 0 Å². The Hall–Kier alpha value is -5.00. The number of phenols is 1. The smallest absolute Gasteiger partial charge is 0.311 e. The highest BCUT2D eigenvalue weighted by Crippen LogP contribution is 2.39. The summed E-state index contributed by atoms with van der Waals surface area (Å²) >= 11 is 0. The number of nitro groups is 1. The van der Waals surface area contributed by atoms with E-state index >= 15 is 0 Å². The van der Waals surface area contributed by atoms with Gasteiger partial charge in [0.25, 0.3) is 5.91 Å². The van der Waals surface area contributed by atoms with E-state index in [1.54, 1.807) is 25.3 Å². The number of rotatable bonds is 11. The van der Waals surface area contributed by atoms with Gasteiger partial charge in [-0.3, -0.25) is 19.9 Å². The molecule has 2 aliphatic heterocycles. The van der Waals surface area contributed by atoms with E-state index in [4.69, 9.17) is 23.7 Å². The molecule has 240 valence electrons. The number of nitro benzene ring substituents is 1. The van der Waals surface area contributed by atoms with Gasteiger partial charge in [0.1, 0.15) is 11.5 Å². The van der Waals surface area contributed by atoms with Gasteiger partial charge in [0.05, 0.1) is 50.2 Å². The molecule has 1 N–H and O–H groups in total. The molecule has 1 amide bonds. The fourth-order valence-electron chi connectivity index (χ4n) is 5.17. The van der Waals surface area contributed by atoms with Gasteiger partial charge in [0.2, 0.25) is 5.75 Å². The summed E-state index contributed by atoms with van der Waals surface area (Å²) in [5, 5.41) is 20.4. The summed E-state index contributed by atoms with van der Waals surface area (Å²) in [6.45, 7) is 5.78. The highest BCUT2D eigenvalue weighted by molar-refractivity contribution is 6.03. The van der Waals surface area contributed by atoms with Gasteiger partial charge in [0.15, 0.2) is 23.0 Å². The first kappa shape index (κ1) is 32.9. The molecule has 5 rings (SSSR count). The normalized spacial score (nSPS) is 15.5. The average molecular weight is 622 g/mol. The zero-order valence-electron chi connectivity index (χ0n) is 26.1. The van der Waals surface area contributed by atoms with Crippen LogP contribution in [0, 0.1) is 16.0 Å². The number of nitrogens with zero attached hydrogens (tertiary/aromatic N) is 3. The van der Waals surface area contributed by atoms with Gasteiger partial charge >= 0.3 is 5.69 Å². The molecule has 2 aliphatic rings. The van der Waals surface area contributed by atoms with Crippen LogP contribution in [0.2, 0.25) is 0 Å². The Kier molecular flexibility index (Phi) is 11.1. The summed E-state index contributed by atoms with van der Waals surface area (Å²) in [6.07, 6.45) is 6.18. The van der Waals surface area contributed by atoms with Crippen molar-refractivity contribution in [3.8, 4) is 40.2 Å². The highest BCUT2D eigenvalue weighted by atomic mass is 16.6. The summed E-state index contributed by atoms with van der Waals surface area (Å²) in [7, 11) is 4.57. The highest BCUT2D eigenvalue weighted by Gasteiger charge is 2.32. The molecule has 3 aromatic rings. The second-order valence-corrected chi connectivity index (χ2v) is 10.7. The summed E-state index contributed by atoms with van der Waals surface area (Å²) < 4.78 is 27.1. The summed E-state index contributed by atoms with van der Waals surface area (Å²) in [5.74, 6) is 2.84. The zero-order chi connectivity index (χ0) is 32.5. The lowest BCUT2D eigenvalue weighted by atomic mass is 10.1. The number of aromatic hydroxyl groups is 1. The summed E-state index contributed by atoms with van der Waals surface area (Å²) in [6, 6.07) is 12.0. The molecule has 0 radical (unpaired) electrons. The predicted octanol–water partition coefficient (Wildman–Crippen LogP) is 6.94. The second-order valence-electron chi connectivity index (χ2n) is 10.7. The molecule has 45 heavy (non-hydrogen) atoms. The summed E-state index contributed by atoms with van der Waals surface area (Å²) in [4.78, 5) is 29.6. The van der Waals surface area contributed by atoms with Crippen LogP contribution in [0.1, 0.15) is 49.9 Å². The van der Waals surface area contributed by atoms with Crippen LogP contribution < -0.4 is 23.7 Å². The number of amides is 1. The SMILES string of the molecule is CCCC(C)COc1cc2c(cc1OC)C(=O)N1CCCC1C=N2.COc1ccc(Oc2cc(O)ccc2[N+](=O)[O-])cc1OC. The number of carbonyl (C=O) groups is 1.